The predicted octanol–water partition coefficient (Wildman–Crippen LogP) is 13.1. The molecule has 10 aromatic carbocycles. The van der Waals surface area contributed by atoms with Crippen molar-refractivity contribution < 1.29 is 129 Å². The molecule has 0 aliphatic carbocycles. The van der Waals surface area contributed by atoms with E-state index in [9.17, 15) is 124 Å². The molecule has 0 unspecified atom stereocenters. The van der Waals surface area contributed by atoms with E-state index < -0.39 is 224 Å². The number of phenolic OH excluding ortho intramolecular Hbond substituents is 4. The van der Waals surface area contributed by atoms with Gasteiger partial charge >= 0.3 is 0 Å². The van der Waals surface area contributed by atoms with E-state index in [0.29, 0.717) is 31.0 Å². The highest BCUT2D eigenvalue weighted by Gasteiger charge is 2.30. The van der Waals surface area contributed by atoms with Crippen LogP contribution in [0.2, 0.25) is 0 Å². The van der Waals surface area contributed by atoms with Crippen molar-refractivity contribution in [1.82, 2.24) is 0 Å². The minimum atomic E-state index is -5.57. The average molecular weight is 1650 g/mol. The molecule has 0 aliphatic heterocycles. The van der Waals surface area contributed by atoms with E-state index in [0.717, 1.165) is 84.9 Å². The molecule has 0 heterocycles. The Kier molecular flexibility index (Phi) is 22.1. The van der Waals surface area contributed by atoms with Gasteiger partial charge in [0.25, 0.3) is 80.9 Å². The number of aryl methyl sites for hydroxylation is 1. The van der Waals surface area contributed by atoms with Gasteiger partial charge in [-0.3, -0.25) is 36.4 Å². The lowest BCUT2D eigenvalue weighted by molar-refractivity contribution is 0.317. The number of unbranched alkanes of at least 4 members (excludes halogenated alkanes) is 1. The molecule has 0 amide bonds. The molecule has 0 saturated heterocycles. The Morgan fingerprint density at radius 3 is 1.44 bits per heavy atom. The Labute approximate surface area is 609 Å². The summed E-state index contributed by atoms with van der Waals surface area (Å²) in [5.74, 6) is -5.36. The number of nitrogens with one attached hydrogen (secondary N) is 1. The molecule has 0 saturated carbocycles. The van der Waals surface area contributed by atoms with Gasteiger partial charge in [-0.1, -0.05) is 19.4 Å². The van der Waals surface area contributed by atoms with Gasteiger partial charge in [0, 0.05) is 40.2 Å². The zero-order valence-electron chi connectivity index (χ0n) is 54.3. The summed E-state index contributed by atoms with van der Waals surface area (Å²) < 4.78 is 286. The normalized spacial score (nSPS) is 13.3. The Bertz CT molecular complexity index is 6640. The Morgan fingerprint density at radius 1 is 0.380 bits per heavy atom. The molecule has 40 nitrogen and oxygen atoms in total. The van der Waals surface area contributed by atoms with Crippen LogP contribution in [-0.4, -0.2) is 143 Å². The van der Waals surface area contributed by atoms with Gasteiger partial charge in [0.15, 0.2) is 17.2 Å². The van der Waals surface area contributed by atoms with Crippen molar-refractivity contribution >= 4 is 187 Å². The van der Waals surface area contributed by atoms with Gasteiger partial charge in [0.1, 0.15) is 65.2 Å². The monoisotopic (exact) mass is 1650 g/mol. The maximum atomic E-state index is 13.3. The molecule has 568 valence electrons. The highest BCUT2D eigenvalue weighted by molar-refractivity contribution is 7.87. The molecule has 108 heavy (non-hydrogen) atoms. The lowest BCUT2D eigenvalue weighted by Gasteiger charge is -2.15. The Morgan fingerprint density at radius 2 is 0.870 bits per heavy atom. The number of phenols is 4. The first-order valence-electron chi connectivity index (χ1n) is 29.8. The topological polar surface area (TPSA) is 661 Å². The van der Waals surface area contributed by atoms with Crippen LogP contribution in [0.15, 0.2) is 207 Å². The van der Waals surface area contributed by atoms with Gasteiger partial charge in [0.05, 0.1) is 60.9 Å². The summed E-state index contributed by atoms with van der Waals surface area (Å²) in [5.41, 5.74) is -5.97. The number of rotatable bonds is 26. The number of anilines is 1. The molecule has 10 rings (SSSR count). The smallest absolute Gasteiger partial charge is 0.296 e. The van der Waals surface area contributed by atoms with Crippen LogP contribution in [0, 0.1) is 6.92 Å². The van der Waals surface area contributed by atoms with Gasteiger partial charge in [-0.05, 0) is 145 Å². The molecule has 10 aromatic rings. The molecule has 0 aliphatic rings. The summed E-state index contributed by atoms with van der Waals surface area (Å²) in [6.07, 6.45) is 0.627. The lowest BCUT2D eigenvalue weighted by Crippen LogP contribution is -2.08. The third-order valence-corrected chi connectivity index (χ3v) is 22.2. The van der Waals surface area contributed by atoms with Crippen LogP contribution in [0.5, 0.6) is 28.7 Å². The molecular weight excluding hydrogens is 1600 g/mol. The number of hydrogen-bond donors (Lipinski definition) is 13. The molecule has 0 bridgehead atoms. The zero-order valence-corrected chi connectivity index (χ0v) is 60.9. The third kappa shape index (κ3) is 18.0. The van der Waals surface area contributed by atoms with E-state index in [-0.39, 0.29) is 56.4 Å². The predicted molar refractivity (Wildman–Crippen MR) is 380 cm³/mol. The standard InChI is InChI=1S/C60H51N11O29S8/c1-3-4-13-61-42-12-11-39-41(27-52(108(97,98)99)57(59(39)74)70-63-34-9-10-38-30(17-34)21-50(106(91,92)93)55(58(38)73)69-62-33-7-5-8-35(23-33)102(79,80)81)54(42)68-66-45-26-40-31(20-49(45)105(88,89)90)22-51(107(94,95)96)56(60(40)75)71-65-44-16-29(2)43(28-48(44)100-14-6-15-101(76,77)78)64-67-46-24-36(103(82,83)84)18-32-19-37(104(85,86)87)25-47(72)53(32)46/h5,7-12,16-28,61,72-75H,3-4,6,13-15H2,1-2H3,(H,76,77,78)(H,79,80,81)(H,82,83,84)(H,85,86,87)(H,88,89,90)(H,91,92,93)(H,94,95,96)(H,97,98,99)/b67-64-,68-66-,69-62-,70-63+,71-65?. The average Bonchev–Trinajstić information content (AvgIpc) is 0.762. The van der Waals surface area contributed by atoms with E-state index in [2.05, 4.69) is 56.5 Å². The van der Waals surface area contributed by atoms with Gasteiger partial charge < -0.3 is 30.5 Å². The summed E-state index contributed by atoms with van der Waals surface area (Å²) in [4.78, 5) is -7.09. The largest absolute Gasteiger partial charge is 0.507 e. The van der Waals surface area contributed by atoms with E-state index in [1.807, 2.05) is 6.92 Å². The van der Waals surface area contributed by atoms with Crippen LogP contribution in [0.4, 0.5) is 62.6 Å². The van der Waals surface area contributed by atoms with E-state index in [1.165, 1.54) is 25.1 Å². The van der Waals surface area contributed by atoms with Gasteiger partial charge in [-0.2, -0.15) is 82.7 Å². The van der Waals surface area contributed by atoms with Crippen LogP contribution >= 0.6 is 0 Å². The lowest BCUT2D eigenvalue weighted by atomic mass is 10.0. The van der Waals surface area contributed by atoms with Crippen LogP contribution in [-0.2, 0) is 80.9 Å². The zero-order chi connectivity index (χ0) is 79.3. The molecule has 0 spiro atoms. The maximum absolute atomic E-state index is 13.3. The van der Waals surface area contributed by atoms with Crippen molar-refractivity contribution in [2.45, 2.75) is 67.4 Å². The van der Waals surface area contributed by atoms with Crippen LogP contribution in [0.1, 0.15) is 31.7 Å². The van der Waals surface area contributed by atoms with Crippen LogP contribution < -0.4 is 10.1 Å². The van der Waals surface area contributed by atoms with Crippen LogP contribution in [0.25, 0.3) is 43.1 Å². The quantitative estimate of drug-likeness (QED) is 0.0136. The number of aromatic hydroxyl groups is 4. The number of ether oxygens (including phenoxy) is 1. The van der Waals surface area contributed by atoms with Crippen molar-refractivity contribution in [3.8, 4) is 28.7 Å². The number of azo groups is 5. The van der Waals surface area contributed by atoms with Crippen molar-refractivity contribution in [2.75, 3.05) is 24.2 Å². The molecule has 13 N–H and O–H groups in total. The number of hydrogen-bond acceptors (Lipinski definition) is 32. The van der Waals surface area contributed by atoms with Gasteiger partial charge in [-0.15, -0.1) is 35.8 Å². The summed E-state index contributed by atoms with van der Waals surface area (Å²) in [7, 11) is -41.3. The first-order valence-corrected chi connectivity index (χ1v) is 41.5. The summed E-state index contributed by atoms with van der Waals surface area (Å²) in [6, 6.07) is 18.4. The first-order chi connectivity index (χ1) is 50.1. The van der Waals surface area contributed by atoms with Gasteiger partial charge in [0.2, 0.25) is 0 Å². The molecule has 48 heteroatoms. The maximum Gasteiger partial charge on any atom is 0.296 e. The molecule has 0 fully saturated rings. The highest BCUT2D eigenvalue weighted by Crippen LogP contribution is 2.50. The van der Waals surface area contributed by atoms with Crippen LogP contribution in [0.3, 0.4) is 0 Å². The van der Waals surface area contributed by atoms with Crippen molar-refractivity contribution in [3.05, 3.63) is 127 Å². The van der Waals surface area contributed by atoms with Crippen molar-refractivity contribution in [1.29, 1.82) is 0 Å². The minimum absolute atomic E-state index is 0.0276. The second kappa shape index (κ2) is 29.8. The number of nitrogens with zero attached hydrogens (tertiary/aromatic N) is 10. The van der Waals surface area contributed by atoms with Crippen molar-refractivity contribution in [2.24, 2.45) is 51.1 Å². The van der Waals surface area contributed by atoms with E-state index in [1.54, 1.807) is 0 Å². The SMILES string of the molecule is CCCCNc1ccc2c(O)c(/N=N/c3ccc4c(O)c(/N=N\c5cccc(S(=O)(=O)O)c5)c(S(=O)(=O)O)cc4c3)c(S(=O)(=O)O)cc2c1/N=N\c1cc2c(O)c(N=Nc3cc(C)c(/N=N\c4cc(S(=O)(=O)O)cc5cc(S(=O)(=O)O)cc(O)c45)cc3OCCCS(=O)(=O)O)c(S(=O)(=O)O)cc2cc1S(=O)(=O)O. The molecule has 0 aromatic heterocycles. The van der Waals surface area contributed by atoms with Crippen molar-refractivity contribution in [3.63, 3.8) is 0 Å². The van der Waals surface area contributed by atoms with E-state index >= 15 is 0 Å². The molecule has 0 radical (unpaired) electrons. The molecular formula is C60H51N11O29S8. The summed E-state index contributed by atoms with van der Waals surface area (Å²) >= 11 is 0. The fourth-order valence-corrected chi connectivity index (χ4v) is 15.1. The molecule has 0 atom stereocenters. The van der Waals surface area contributed by atoms with Gasteiger partial charge in [-0.25, -0.2) is 0 Å². The second-order valence-electron chi connectivity index (χ2n) is 22.9. The Balaban J connectivity index is 1.07. The minimum Gasteiger partial charge on any atom is -0.507 e. The van der Waals surface area contributed by atoms with E-state index in [4.69, 9.17) is 4.74 Å². The fraction of sp³-hybridized carbons (Fsp3) is 0.133. The third-order valence-electron chi connectivity index (χ3n) is 15.4. The number of benzene rings is 10. The fourth-order valence-electron chi connectivity index (χ4n) is 10.4. The Hall–Kier alpha value is -10.7. The summed E-state index contributed by atoms with van der Waals surface area (Å²) in [6.45, 7) is 2.74. The second-order valence-corrected chi connectivity index (χ2v) is 34.3. The highest BCUT2D eigenvalue weighted by atomic mass is 32.2. The number of fused-ring (bicyclic) bond motifs is 4. The first kappa shape index (κ1) is 79.9. The summed E-state index contributed by atoms with van der Waals surface area (Å²) in [5, 5.41) is 85.5.